The lowest BCUT2D eigenvalue weighted by molar-refractivity contribution is -0.143. The second-order valence-corrected chi connectivity index (χ2v) is 18.6. The van der Waals surface area contributed by atoms with Crippen molar-refractivity contribution in [2.75, 3.05) is 6.54 Å². The lowest BCUT2D eigenvalue weighted by Crippen LogP contribution is -2.60. The molecule has 3 N–H and O–H groups in total. The Morgan fingerprint density at radius 1 is 1.00 bits per heavy atom. The number of carbonyl (C=O) groups is 4. The Balaban J connectivity index is 1.26. The predicted molar refractivity (Wildman–Crippen MR) is 199 cm³/mol. The molecule has 5 atom stereocenters. The fraction of sp³-hybridized carbons (Fsp3) is 0.667. The molecule has 0 aromatic heterocycles. The molecule has 290 valence electrons. The molecule has 4 amide bonds. The number of amides is 4. The maximum atomic E-state index is 14.6. The molecule has 13 nitrogen and oxygen atoms in total. The van der Waals surface area contributed by atoms with Crippen LogP contribution in [-0.4, -0.2) is 84.5 Å². The normalized spacial score (nSPS) is 27.2. The Hall–Kier alpha value is -3.94. The minimum absolute atomic E-state index is 0.00440. The first-order valence-electron chi connectivity index (χ1n) is 19.3. The van der Waals surface area contributed by atoms with Gasteiger partial charge in [0.15, 0.2) is 0 Å². The van der Waals surface area contributed by atoms with E-state index in [1.807, 2.05) is 51.1 Å². The standard InChI is InChI=1S/C39H55N5O8S/c1-5-13-27-23-39(27,36(47)43-53(49,50)30-20-21-30)41-34(45)31-22-29(52-42-32(26-16-9-10-17-26)25-14-7-6-8-15-25)24-44(31)35(46)33(38(2,3)4)40-37(48)51-28-18-11-12-19-28/h5-8,14-15,26-31,33H,1,9-13,16-24H2,2-4H3,(H,40,48)(H,41,45)(H,43,47)/b42-32-/t27-,29-,31+,33-,39-/m1/s1. The van der Waals surface area contributed by atoms with Gasteiger partial charge in [0, 0.05) is 12.3 Å². The zero-order chi connectivity index (χ0) is 38.0. The Bertz CT molecular complexity index is 1680. The minimum Gasteiger partial charge on any atom is -0.446 e. The van der Waals surface area contributed by atoms with Gasteiger partial charge in [-0.25, -0.2) is 13.2 Å². The maximum Gasteiger partial charge on any atom is 0.408 e. The molecule has 1 saturated heterocycles. The number of likely N-dealkylation sites (tertiary alicyclic amines) is 1. The van der Waals surface area contributed by atoms with Crippen LogP contribution in [-0.2, 0) is 34.0 Å². The van der Waals surface area contributed by atoms with E-state index in [2.05, 4.69) is 27.1 Å². The highest BCUT2D eigenvalue weighted by Gasteiger charge is 2.62. The van der Waals surface area contributed by atoms with E-state index in [1.54, 1.807) is 6.08 Å². The Morgan fingerprint density at radius 3 is 2.28 bits per heavy atom. The molecule has 6 rings (SSSR count). The summed E-state index contributed by atoms with van der Waals surface area (Å²) in [6.07, 6.45) is 9.34. The molecule has 0 bridgehead atoms. The van der Waals surface area contributed by atoms with Crippen molar-refractivity contribution in [3.05, 3.63) is 48.6 Å². The van der Waals surface area contributed by atoms with Gasteiger partial charge < -0.3 is 25.1 Å². The van der Waals surface area contributed by atoms with Gasteiger partial charge in [-0.3, -0.25) is 19.1 Å². The van der Waals surface area contributed by atoms with Crippen LogP contribution in [0.15, 0.2) is 48.1 Å². The largest absolute Gasteiger partial charge is 0.446 e. The van der Waals surface area contributed by atoms with Crippen molar-refractivity contribution in [1.82, 2.24) is 20.3 Å². The molecule has 1 aliphatic heterocycles. The number of hydrogen-bond donors (Lipinski definition) is 3. The van der Waals surface area contributed by atoms with Crippen molar-refractivity contribution in [3.8, 4) is 0 Å². The van der Waals surface area contributed by atoms with E-state index >= 15 is 0 Å². The molecule has 4 saturated carbocycles. The number of nitrogens with zero attached hydrogens (tertiary/aromatic N) is 2. The number of carbonyl (C=O) groups excluding carboxylic acids is 4. The van der Waals surface area contributed by atoms with Crippen LogP contribution in [0.4, 0.5) is 4.79 Å². The lowest BCUT2D eigenvalue weighted by Gasteiger charge is -2.35. The summed E-state index contributed by atoms with van der Waals surface area (Å²) in [4.78, 5) is 63.2. The van der Waals surface area contributed by atoms with E-state index in [0.29, 0.717) is 19.3 Å². The number of rotatable bonds is 14. The lowest BCUT2D eigenvalue weighted by atomic mass is 9.85. The van der Waals surface area contributed by atoms with Gasteiger partial charge >= 0.3 is 6.09 Å². The SMILES string of the molecule is C=CC[C@@H]1C[C@]1(NC(=O)[C@@H]1C[C@@H](O/N=C(/c2ccccc2)C2CCCC2)CN1C(=O)[C@@H](NC(=O)OC1CCCC1)C(C)(C)C)C(=O)NS(=O)(=O)C1CC1. The van der Waals surface area contributed by atoms with E-state index in [1.165, 1.54) is 4.90 Å². The number of nitrogens with one attached hydrogen (secondary N) is 3. The van der Waals surface area contributed by atoms with E-state index in [4.69, 9.17) is 9.57 Å². The number of alkyl carbamates (subject to hydrolysis) is 1. The smallest absolute Gasteiger partial charge is 0.408 e. The first-order chi connectivity index (χ1) is 25.2. The molecule has 1 aromatic carbocycles. The third kappa shape index (κ3) is 9.06. The number of hydrogen-bond acceptors (Lipinski definition) is 9. The molecule has 14 heteroatoms. The third-order valence-electron chi connectivity index (χ3n) is 11.4. The molecular formula is C39H55N5O8S. The van der Waals surface area contributed by atoms with Crippen LogP contribution >= 0.6 is 0 Å². The highest BCUT2D eigenvalue weighted by atomic mass is 32.2. The topological polar surface area (TPSA) is 173 Å². The van der Waals surface area contributed by atoms with Crippen LogP contribution in [0.5, 0.6) is 0 Å². The molecule has 5 fully saturated rings. The van der Waals surface area contributed by atoms with Gasteiger partial charge in [-0.05, 0) is 81.1 Å². The fourth-order valence-electron chi connectivity index (χ4n) is 8.08. The summed E-state index contributed by atoms with van der Waals surface area (Å²) in [7, 11) is -3.88. The van der Waals surface area contributed by atoms with Crippen molar-refractivity contribution < 1.29 is 37.2 Å². The second kappa shape index (κ2) is 15.8. The Kier molecular flexibility index (Phi) is 11.6. The average molecular weight is 754 g/mol. The molecule has 53 heavy (non-hydrogen) atoms. The zero-order valence-corrected chi connectivity index (χ0v) is 32.0. The van der Waals surface area contributed by atoms with Crippen LogP contribution in [0.2, 0.25) is 0 Å². The molecule has 4 aliphatic carbocycles. The van der Waals surface area contributed by atoms with E-state index in [0.717, 1.165) is 62.6 Å². The Labute approximate surface area is 313 Å². The van der Waals surface area contributed by atoms with Crippen LogP contribution < -0.4 is 15.4 Å². The highest BCUT2D eigenvalue weighted by Crippen LogP contribution is 2.47. The molecule has 5 aliphatic rings. The summed E-state index contributed by atoms with van der Waals surface area (Å²) in [6.45, 7) is 9.26. The summed E-state index contributed by atoms with van der Waals surface area (Å²) < 4.78 is 33.4. The van der Waals surface area contributed by atoms with Gasteiger partial charge in [-0.1, -0.05) is 75.2 Å². The van der Waals surface area contributed by atoms with Crippen molar-refractivity contribution in [2.45, 2.75) is 139 Å². The number of ether oxygens (including phenoxy) is 1. The van der Waals surface area contributed by atoms with Crippen LogP contribution in [0.25, 0.3) is 0 Å². The van der Waals surface area contributed by atoms with Gasteiger partial charge in [-0.2, -0.15) is 0 Å². The first-order valence-corrected chi connectivity index (χ1v) is 20.8. The van der Waals surface area contributed by atoms with Crippen LogP contribution in [0, 0.1) is 17.3 Å². The highest BCUT2D eigenvalue weighted by molar-refractivity contribution is 7.91. The van der Waals surface area contributed by atoms with Crippen molar-refractivity contribution in [3.63, 3.8) is 0 Å². The second-order valence-electron chi connectivity index (χ2n) is 16.6. The summed E-state index contributed by atoms with van der Waals surface area (Å²) >= 11 is 0. The van der Waals surface area contributed by atoms with Crippen molar-refractivity contribution >= 4 is 39.5 Å². The number of allylic oxidation sites excluding steroid dienone is 1. The average Bonchev–Trinajstić information content (AvgIpc) is 3.84. The molecule has 0 radical (unpaired) electrons. The molecule has 0 unspecified atom stereocenters. The Morgan fingerprint density at radius 2 is 1.66 bits per heavy atom. The molecule has 0 spiro atoms. The number of benzene rings is 1. The predicted octanol–water partition coefficient (Wildman–Crippen LogP) is 4.71. The van der Waals surface area contributed by atoms with E-state index in [-0.39, 0.29) is 37.3 Å². The van der Waals surface area contributed by atoms with Gasteiger partial charge in [0.1, 0.15) is 29.8 Å². The van der Waals surface area contributed by atoms with E-state index in [9.17, 15) is 27.6 Å². The summed E-state index contributed by atoms with van der Waals surface area (Å²) in [5, 5.41) is 9.72. The molecule has 1 heterocycles. The van der Waals surface area contributed by atoms with Gasteiger partial charge in [-0.15, -0.1) is 6.58 Å². The minimum atomic E-state index is -3.88. The summed E-state index contributed by atoms with van der Waals surface area (Å²) in [5.74, 6) is -2.04. The third-order valence-corrected chi connectivity index (χ3v) is 13.2. The van der Waals surface area contributed by atoms with Gasteiger partial charge in [0.05, 0.1) is 17.5 Å². The maximum absolute atomic E-state index is 14.6. The van der Waals surface area contributed by atoms with E-state index < -0.39 is 68.2 Å². The van der Waals surface area contributed by atoms with Crippen molar-refractivity contribution in [2.24, 2.45) is 22.4 Å². The van der Waals surface area contributed by atoms with Gasteiger partial charge in [0.2, 0.25) is 21.8 Å². The summed E-state index contributed by atoms with van der Waals surface area (Å²) in [6, 6.07) is 7.69. The first kappa shape index (κ1) is 38.8. The van der Waals surface area contributed by atoms with Crippen LogP contribution in [0.1, 0.15) is 110 Å². The van der Waals surface area contributed by atoms with Crippen LogP contribution in [0.3, 0.4) is 0 Å². The summed E-state index contributed by atoms with van der Waals surface area (Å²) in [5.41, 5.74) is -0.463. The monoisotopic (exact) mass is 753 g/mol. The molecular weight excluding hydrogens is 699 g/mol. The fourth-order valence-corrected chi connectivity index (χ4v) is 9.44. The zero-order valence-electron chi connectivity index (χ0n) is 31.2. The number of oxime groups is 1. The van der Waals surface area contributed by atoms with Gasteiger partial charge in [0.25, 0.3) is 5.91 Å². The number of sulfonamides is 1. The van der Waals surface area contributed by atoms with Crippen molar-refractivity contribution in [1.29, 1.82) is 0 Å². The molecule has 1 aromatic rings. The quantitative estimate of drug-likeness (QED) is 0.139.